The molecule has 0 radical (unpaired) electrons. The first-order valence-corrected chi connectivity index (χ1v) is 16.1. The van der Waals surface area contributed by atoms with E-state index < -0.39 is 42.3 Å². The second kappa shape index (κ2) is 10.3. The van der Waals surface area contributed by atoms with Crippen molar-refractivity contribution in [2.45, 2.75) is 0 Å². The Morgan fingerprint density at radius 2 is 0.920 bits per heavy atom. The molecule has 11 aromatic rings. The van der Waals surface area contributed by atoms with Gasteiger partial charge in [0.1, 0.15) is 22.3 Å². The van der Waals surface area contributed by atoms with Crippen LogP contribution in [0.15, 0.2) is 160 Å². The van der Waals surface area contributed by atoms with Crippen LogP contribution in [0.3, 0.4) is 0 Å². The van der Waals surface area contributed by atoms with E-state index in [0.29, 0.717) is 33.5 Å². The minimum Gasteiger partial charge on any atom is -0.455 e. The van der Waals surface area contributed by atoms with Gasteiger partial charge in [-0.2, -0.15) is 0 Å². The molecule has 0 aliphatic carbocycles. The van der Waals surface area contributed by atoms with Gasteiger partial charge in [-0.05, 0) is 51.9 Å². The highest BCUT2D eigenvalue weighted by atomic mass is 16.3. The van der Waals surface area contributed by atoms with Crippen molar-refractivity contribution in [3.05, 3.63) is 151 Å². The summed E-state index contributed by atoms with van der Waals surface area (Å²) in [6.45, 7) is 0. The van der Waals surface area contributed by atoms with Crippen LogP contribution in [0.4, 0.5) is 0 Å². The summed E-state index contributed by atoms with van der Waals surface area (Å²) in [4.78, 5) is 15.2. The molecule has 0 aliphatic rings. The van der Waals surface area contributed by atoms with Crippen molar-refractivity contribution >= 4 is 76.2 Å². The van der Waals surface area contributed by atoms with Crippen LogP contribution in [0.1, 0.15) is 9.60 Å². The number of rotatable bonds is 3. The molecule has 8 aromatic carbocycles. The highest BCUT2D eigenvalue weighted by Crippen LogP contribution is 2.43. The van der Waals surface area contributed by atoms with Crippen molar-refractivity contribution in [3.63, 3.8) is 0 Å². The molecule has 0 aliphatic heterocycles. The largest absolute Gasteiger partial charge is 0.455 e. The Bertz CT molecular complexity index is 3410. The Hall–Kier alpha value is -6.85. The summed E-state index contributed by atoms with van der Waals surface area (Å²) in [6.07, 6.45) is 0. The molecule has 0 atom stereocenters. The van der Waals surface area contributed by atoms with Crippen LogP contribution in [-0.2, 0) is 0 Å². The maximum Gasteiger partial charge on any atom is 0.164 e. The smallest absolute Gasteiger partial charge is 0.164 e. The molecule has 0 saturated heterocycles. The Balaban J connectivity index is 1.32. The molecule has 0 saturated carbocycles. The molecule has 0 N–H and O–H groups in total. The molecule has 5 nitrogen and oxygen atoms in total. The van der Waals surface area contributed by atoms with E-state index in [-0.39, 0.29) is 33.8 Å². The lowest BCUT2D eigenvalue weighted by molar-refractivity contribution is 0.672. The van der Waals surface area contributed by atoms with Gasteiger partial charge >= 0.3 is 0 Å². The third kappa shape index (κ3) is 3.98. The molecular formula is C45H25N3O2. The van der Waals surface area contributed by atoms with Crippen molar-refractivity contribution in [3.8, 4) is 34.2 Å². The van der Waals surface area contributed by atoms with Crippen molar-refractivity contribution in [2.75, 3.05) is 0 Å². The third-order valence-corrected chi connectivity index (χ3v) is 9.33. The number of hydrogen-bond donors (Lipinski definition) is 0. The molecule has 0 fully saturated rings. The quantitative estimate of drug-likeness (QED) is 0.191. The third-order valence-electron chi connectivity index (χ3n) is 9.33. The number of para-hydroxylation sites is 2. The number of nitrogens with zero attached hydrogens (tertiary/aromatic N) is 3. The maximum absolute atomic E-state index is 9.43. The molecule has 50 heavy (non-hydrogen) atoms. The average Bonchev–Trinajstić information content (AvgIpc) is 3.83. The summed E-state index contributed by atoms with van der Waals surface area (Å²) in [5.74, 6) is 0.328. The van der Waals surface area contributed by atoms with Gasteiger partial charge < -0.3 is 8.83 Å². The zero-order chi connectivity index (χ0) is 38.9. The van der Waals surface area contributed by atoms with Gasteiger partial charge in [0.25, 0.3) is 0 Å². The lowest BCUT2D eigenvalue weighted by Crippen LogP contribution is -2.01. The first-order valence-electron chi connectivity index (χ1n) is 19.6. The molecule has 0 unspecified atom stereocenters. The van der Waals surface area contributed by atoms with Gasteiger partial charge in [-0.1, -0.05) is 121 Å². The monoisotopic (exact) mass is 646 g/mol. The van der Waals surface area contributed by atoms with Crippen LogP contribution >= 0.6 is 0 Å². The van der Waals surface area contributed by atoms with Crippen LogP contribution in [0, 0.1) is 0 Å². The van der Waals surface area contributed by atoms with Crippen molar-refractivity contribution in [1.29, 1.82) is 0 Å². The number of hydrogen-bond acceptors (Lipinski definition) is 5. The summed E-state index contributed by atoms with van der Waals surface area (Å²) in [7, 11) is 0. The zero-order valence-electron chi connectivity index (χ0n) is 33.1. The van der Waals surface area contributed by atoms with E-state index in [9.17, 15) is 2.74 Å². The van der Waals surface area contributed by atoms with Crippen molar-refractivity contribution in [2.24, 2.45) is 0 Å². The maximum atomic E-state index is 9.43. The van der Waals surface area contributed by atoms with Crippen LogP contribution in [0.5, 0.6) is 0 Å². The van der Waals surface area contributed by atoms with E-state index in [1.54, 1.807) is 0 Å². The normalized spacial score (nSPS) is 14.0. The highest BCUT2D eigenvalue weighted by Gasteiger charge is 2.23. The molecular weight excluding hydrogens is 615 g/mol. The summed E-state index contributed by atoms with van der Waals surface area (Å²) >= 11 is 0. The minimum absolute atomic E-state index is 0.101. The number of benzene rings is 8. The molecule has 0 spiro atoms. The van der Waals surface area contributed by atoms with E-state index in [2.05, 4.69) is 0 Å². The van der Waals surface area contributed by atoms with Gasteiger partial charge in [0.15, 0.2) is 17.5 Å². The van der Waals surface area contributed by atoms with E-state index in [1.165, 1.54) is 0 Å². The predicted molar refractivity (Wildman–Crippen MR) is 203 cm³/mol. The Morgan fingerprint density at radius 3 is 1.50 bits per heavy atom. The van der Waals surface area contributed by atoms with Crippen LogP contribution < -0.4 is 0 Å². The molecule has 3 aromatic heterocycles. The van der Waals surface area contributed by atoms with Crippen LogP contribution in [0.25, 0.3) is 110 Å². The van der Waals surface area contributed by atoms with E-state index >= 15 is 0 Å². The summed E-state index contributed by atoms with van der Waals surface area (Å²) in [5, 5.41) is 6.32. The van der Waals surface area contributed by atoms with Gasteiger partial charge in [0.05, 0.1) is 9.60 Å². The Morgan fingerprint density at radius 1 is 0.440 bits per heavy atom. The first-order chi connectivity index (χ1) is 27.7. The Kier molecular flexibility index (Phi) is 4.37. The van der Waals surface area contributed by atoms with E-state index in [0.717, 1.165) is 43.1 Å². The van der Waals surface area contributed by atoms with Crippen molar-refractivity contribution < 1.29 is 18.4 Å². The van der Waals surface area contributed by atoms with Gasteiger partial charge in [-0.3, -0.25) is 0 Å². The fraction of sp³-hybridized carbons (Fsp3) is 0. The molecule has 5 heteroatoms. The standard InChI is InChI=1S/C45H25N3O2/c1-2-12-27-23-30(22-21-26(27)11-1)43-46-44(35-24-28-13-3-5-15-31(28)41-39(35)33-17-7-9-19-37(33)49-41)48-45(47-43)36-25-29-14-4-6-16-32(29)42-40(36)34-18-8-10-20-38(34)50-42/h1-25H/i1D,2D,11D,12D,21D,22D,23D. The lowest BCUT2D eigenvalue weighted by atomic mass is 9.98. The van der Waals surface area contributed by atoms with Gasteiger partial charge in [-0.15, -0.1) is 0 Å². The predicted octanol–water partition coefficient (Wildman–Crippen LogP) is 12.1. The number of furan rings is 2. The minimum atomic E-state index is -0.545. The average molecular weight is 647 g/mol. The Labute approximate surface area is 294 Å². The fourth-order valence-electron chi connectivity index (χ4n) is 7.09. The van der Waals surface area contributed by atoms with Gasteiger partial charge in [0.2, 0.25) is 0 Å². The first kappa shape index (κ1) is 21.2. The second-order valence-corrected chi connectivity index (χ2v) is 12.2. The summed E-state index contributed by atoms with van der Waals surface area (Å²) in [5.41, 5.74) is 3.68. The number of aromatic nitrogens is 3. The molecule has 0 bridgehead atoms. The van der Waals surface area contributed by atoms with Gasteiger partial charge in [-0.25, -0.2) is 15.0 Å². The summed E-state index contributed by atoms with van der Waals surface area (Å²) in [6, 6.07) is 31.8. The highest BCUT2D eigenvalue weighted by molar-refractivity contribution is 6.22. The molecule has 3 heterocycles. The lowest BCUT2D eigenvalue weighted by Gasteiger charge is -2.12. The van der Waals surface area contributed by atoms with Crippen LogP contribution in [-0.4, -0.2) is 15.0 Å². The fourth-order valence-corrected chi connectivity index (χ4v) is 7.09. The van der Waals surface area contributed by atoms with Gasteiger partial charge in [0, 0.05) is 49.0 Å². The van der Waals surface area contributed by atoms with E-state index in [1.807, 2.05) is 109 Å². The summed E-state index contributed by atoms with van der Waals surface area (Å²) < 4.78 is 74.7. The SMILES string of the molecule is [2H]c1c([2H])c([2H])c2c([2H])c(-c3nc(-c4cc5ccccc5c5oc6ccccc6c45)nc(-c4cc5ccccc5c5oc6ccccc6c45)n3)c([2H])c([2H])c2c1[2H]. The molecule has 11 rings (SSSR count). The molecule has 0 amide bonds. The topological polar surface area (TPSA) is 65.0 Å². The number of fused-ring (bicyclic) bond motifs is 11. The van der Waals surface area contributed by atoms with Crippen LogP contribution in [0.2, 0.25) is 0 Å². The van der Waals surface area contributed by atoms with E-state index in [4.69, 9.17) is 30.6 Å². The molecule has 232 valence electrons. The van der Waals surface area contributed by atoms with Crippen molar-refractivity contribution in [1.82, 2.24) is 15.0 Å². The zero-order valence-corrected chi connectivity index (χ0v) is 26.1. The second-order valence-electron chi connectivity index (χ2n) is 12.2.